The number of ether oxygens (including phenoxy) is 2. The van der Waals surface area contributed by atoms with Crippen molar-refractivity contribution >= 4 is 58.0 Å². The zero-order valence-corrected chi connectivity index (χ0v) is 33.1. The Hall–Kier alpha value is -2.84. The van der Waals surface area contributed by atoms with Crippen LogP contribution in [-0.4, -0.2) is 68.8 Å². The van der Waals surface area contributed by atoms with Gasteiger partial charge in [0.25, 0.3) is 10.1 Å². The fraction of sp³-hybridized carbons (Fsp3) is 0.368. The molecule has 13 heteroatoms. The van der Waals surface area contributed by atoms with Crippen LogP contribution < -0.4 is 14.6 Å². The van der Waals surface area contributed by atoms with Crippen molar-refractivity contribution < 1.29 is 45.6 Å². The van der Waals surface area contributed by atoms with E-state index in [-0.39, 0.29) is 59.9 Å². The Morgan fingerprint density at radius 2 is 1.08 bits per heavy atom. The standard InChI is InChI=1S/2C19H24O5S.Ca/c2*1-2-3-4-5-6-8-15-9-7-10-16(13-15)24-19-12-11-17(14-18(19)20)25(21,22)23;/h2*7,9-14,20H,2-6,8H2,1H3,(H,21,22,23);/q;;+2/p-2. The smallest absolute Gasteiger partial charge is 0.870 e. The fourth-order valence-corrected chi connectivity index (χ4v) is 6.11. The summed E-state index contributed by atoms with van der Waals surface area (Å²) in [6, 6.07) is 21.6. The molecule has 2 N–H and O–H groups in total. The van der Waals surface area contributed by atoms with Crippen molar-refractivity contribution in [1.29, 1.82) is 0 Å². The van der Waals surface area contributed by atoms with E-state index in [0.29, 0.717) is 11.5 Å². The molecule has 0 aromatic heterocycles. The molecule has 4 rings (SSSR count). The van der Waals surface area contributed by atoms with Gasteiger partial charge in [-0.1, -0.05) is 95.2 Å². The van der Waals surface area contributed by atoms with Crippen molar-refractivity contribution in [3.05, 3.63) is 96.1 Å². The first-order valence-corrected chi connectivity index (χ1v) is 19.8. The van der Waals surface area contributed by atoms with Crippen LogP contribution in [0.5, 0.6) is 34.5 Å². The van der Waals surface area contributed by atoms with Crippen molar-refractivity contribution in [3.63, 3.8) is 0 Å². The summed E-state index contributed by atoms with van der Waals surface area (Å²) in [5, 5.41) is 21.8. The van der Waals surface area contributed by atoms with Crippen LogP contribution in [-0.2, 0) is 33.1 Å². The van der Waals surface area contributed by atoms with Crippen LogP contribution in [0, 0.1) is 0 Å². The van der Waals surface area contributed by atoms with Crippen molar-refractivity contribution in [2.45, 2.75) is 101 Å². The first-order valence-electron chi connectivity index (χ1n) is 16.9. The quantitative estimate of drug-likeness (QED) is 0.0568. The van der Waals surface area contributed by atoms with Crippen molar-refractivity contribution in [1.82, 2.24) is 0 Å². The molecule has 51 heavy (non-hydrogen) atoms. The van der Waals surface area contributed by atoms with E-state index in [4.69, 9.17) is 14.0 Å². The van der Waals surface area contributed by atoms with Crippen LogP contribution in [0.15, 0.2) is 94.7 Å². The van der Waals surface area contributed by atoms with Gasteiger partial charge in [-0.05, 0) is 91.4 Å². The second kappa shape index (κ2) is 22.3. The minimum atomic E-state index is -4.64. The maximum Gasteiger partial charge on any atom is 2.00 e. The number of phenols is 1. The third-order valence-electron chi connectivity index (χ3n) is 7.82. The predicted molar refractivity (Wildman–Crippen MR) is 195 cm³/mol. The van der Waals surface area contributed by atoms with Gasteiger partial charge in [-0.15, -0.1) is 0 Å². The fourth-order valence-electron chi connectivity index (χ4n) is 5.12. The van der Waals surface area contributed by atoms with E-state index in [2.05, 4.69) is 13.8 Å². The molecule has 0 bridgehead atoms. The van der Waals surface area contributed by atoms with Crippen molar-refractivity contribution in [2.24, 2.45) is 0 Å². The molecule has 0 unspecified atom stereocenters. The summed E-state index contributed by atoms with van der Waals surface area (Å²) in [6.45, 7) is 4.38. The van der Waals surface area contributed by atoms with Gasteiger partial charge in [0.1, 0.15) is 27.4 Å². The summed E-state index contributed by atoms with van der Waals surface area (Å²) in [4.78, 5) is -0.927. The number of benzene rings is 4. The normalized spacial score (nSPS) is 11.2. The van der Waals surface area contributed by atoms with Gasteiger partial charge < -0.3 is 24.2 Å². The number of hydrogen-bond acceptors (Lipinski definition) is 9. The Kier molecular flexibility index (Phi) is 19.4. The largest absolute Gasteiger partial charge is 2.00 e. The van der Waals surface area contributed by atoms with Crippen molar-refractivity contribution in [3.8, 4) is 34.5 Å². The number of rotatable bonds is 18. The average molecular weight is 767 g/mol. The maximum absolute atomic E-state index is 11.9. The first kappa shape index (κ1) is 44.3. The summed E-state index contributed by atoms with van der Waals surface area (Å²) in [6.07, 6.45) is 14.0. The van der Waals surface area contributed by atoms with E-state index in [9.17, 15) is 31.6 Å². The topological polar surface area (TPSA) is 173 Å². The van der Waals surface area contributed by atoms with E-state index in [1.54, 1.807) is 12.1 Å². The molecule has 4 aromatic carbocycles. The van der Waals surface area contributed by atoms with Crippen LogP contribution in [0.2, 0.25) is 0 Å². The second-order valence-corrected chi connectivity index (χ2v) is 14.8. The predicted octanol–water partition coefficient (Wildman–Crippen LogP) is 8.53. The van der Waals surface area contributed by atoms with Gasteiger partial charge in [0.15, 0.2) is 11.5 Å². The second-order valence-electron chi connectivity index (χ2n) is 12.0. The Bertz CT molecular complexity index is 1740. The Morgan fingerprint density at radius 3 is 1.53 bits per heavy atom. The third-order valence-corrected chi connectivity index (χ3v) is 9.50. The van der Waals surface area contributed by atoms with Gasteiger partial charge in [-0.3, -0.25) is 4.55 Å². The van der Waals surface area contributed by atoms with Crippen LogP contribution in [0.3, 0.4) is 0 Å². The van der Waals surface area contributed by atoms with Gasteiger partial charge in [-0.2, -0.15) is 8.42 Å². The van der Waals surface area contributed by atoms with Crippen LogP contribution in [0.4, 0.5) is 0 Å². The molecule has 0 heterocycles. The molecule has 272 valence electrons. The summed E-state index contributed by atoms with van der Waals surface area (Å²) in [7, 11) is -9.00. The van der Waals surface area contributed by atoms with E-state index < -0.39 is 30.9 Å². The summed E-state index contributed by atoms with van der Waals surface area (Å²) < 4.78 is 75.1. The minimum absolute atomic E-state index is 0. The molecule has 0 spiro atoms. The van der Waals surface area contributed by atoms with Gasteiger partial charge in [0, 0.05) is 6.07 Å². The third kappa shape index (κ3) is 16.2. The Labute approximate surface area is 332 Å². The van der Waals surface area contributed by atoms with E-state index in [1.165, 1.54) is 69.6 Å². The molecule has 0 aliphatic heterocycles. The molecule has 0 fully saturated rings. The molecule has 0 atom stereocenters. The number of unbranched alkanes of at least 4 members (excludes halogenated alkanes) is 8. The molecular weight excluding hydrogens is 721 g/mol. The monoisotopic (exact) mass is 766 g/mol. The van der Waals surface area contributed by atoms with Gasteiger partial charge in [0.2, 0.25) is 0 Å². The first-order chi connectivity index (χ1) is 23.8. The van der Waals surface area contributed by atoms with Gasteiger partial charge >= 0.3 is 37.7 Å². The van der Waals surface area contributed by atoms with Crippen LogP contribution in [0.25, 0.3) is 0 Å². The van der Waals surface area contributed by atoms with Crippen LogP contribution >= 0.6 is 0 Å². The van der Waals surface area contributed by atoms with E-state index >= 15 is 0 Å². The molecule has 10 nitrogen and oxygen atoms in total. The minimum Gasteiger partial charge on any atom is -0.870 e. The van der Waals surface area contributed by atoms with Crippen LogP contribution in [0.1, 0.15) is 89.2 Å². The zero-order chi connectivity index (χ0) is 36.6. The van der Waals surface area contributed by atoms with Gasteiger partial charge in [-0.25, -0.2) is 8.42 Å². The molecule has 0 amide bonds. The Morgan fingerprint density at radius 1 is 0.608 bits per heavy atom. The van der Waals surface area contributed by atoms with Crippen molar-refractivity contribution in [2.75, 3.05) is 0 Å². The summed E-state index contributed by atoms with van der Waals surface area (Å²) in [5.41, 5.74) is 2.28. The number of aromatic hydroxyl groups is 1. The Balaban J connectivity index is 0.000000347. The molecule has 0 aliphatic rings. The van der Waals surface area contributed by atoms with E-state index in [0.717, 1.165) is 55.0 Å². The molecule has 4 aromatic rings. The number of aryl methyl sites for hydroxylation is 2. The summed E-state index contributed by atoms with van der Waals surface area (Å²) in [5.74, 6) is 0.226. The molecule has 0 saturated heterocycles. The molecule has 0 aliphatic carbocycles. The molecule has 0 radical (unpaired) electrons. The SMILES string of the molecule is CCCCCCCc1cccc(Oc2ccc(S(=O)(=O)O)cc2O)c1.CCCCCCCc1cccc(Oc2ccc(S(=O)(=O)[O-])cc2[O-])c1.[Ca+2]. The number of hydrogen-bond donors (Lipinski definition) is 2. The zero-order valence-electron chi connectivity index (χ0n) is 29.3. The van der Waals surface area contributed by atoms with Gasteiger partial charge in [0.05, 0.1) is 9.79 Å². The number of phenolic OH excluding ortho intramolecular Hbond substituents is 1. The molecule has 0 saturated carbocycles. The van der Waals surface area contributed by atoms with E-state index in [1.807, 2.05) is 36.4 Å². The average Bonchev–Trinajstić information content (AvgIpc) is 3.06. The molecular formula is C38H46CaO10S2. The summed E-state index contributed by atoms with van der Waals surface area (Å²) >= 11 is 0. The maximum atomic E-state index is 11.9.